The number of carbonyl (C=O) groups is 1. The van der Waals surface area contributed by atoms with Crippen LogP contribution in [0.25, 0.3) is 0 Å². The Morgan fingerprint density at radius 3 is 3.11 bits per heavy atom. The molecule has 1 saturated heterocycles. The molecule has 5 heteroatoms. The second kappa shape index (κ2) is 5.67. The van der Waals surface area contributed by atoms with E-state index in [2.05, 4.69) is 11.9 Å². The molecule has 0 aromatic carbocycles. The SMILES string of the molecule is CC[C@H]1CO[C@@H](C)CN1C(=O)c1cccnc1Cl. The summed E-state index contributed by atoms with van der Waals surface area (Å²) >= 11 is 5.98. The van der Waals surface area contributed by atoms with E-state index in [0.29, 0.717) is 18.7 Å². The van der Waals surface area contributed by atoms with Gasteiger partial charge in [-0.1, -0.05) is 18.5 Å². The molecule has 0 aliphatic carbocycles. The van der Waals surface area contributed by atoms with E-state index in [1.54, 1.807) is 18.3 Å². The van der Waals surface area contributed by atoms with Crippen molar-refractivity contribution >= 4 is 17.5 Å². The predicted octanol–water partition coefficient (Wildman–Crippen LogP) is 2.37. The number of carbonyl (C=O) groups excluding carboxylic acids is 1. The molecule has 2 atom stereocenters. The van der Waals surface area contributed by atoms with E-state index in [4.69, 9.17) is 16.3 Å². The molecule has 1 fully saturated rings. The Hall–Kier alpha value is -1.13. The van der Waals surface area contributed by atoms with Gasteiger partial charge >= 0.3 is 0 Å². The fourth-order valence-corrected chi connectivity index (χ4v) is 2.33. The quantitative estimate of drug-likeness (QED) is 0.774. The van der Waals surface area contributed by atoms with Crippen molar-refractivity contribution in [3.63, 3.8) is 0 Å². The summed E-state index contributed by atoms with van der Waals surface area (Å²) in [7, 11) is 0. The lowest BCUT2D eigenvalue weighted by molar-refractivity contribution is -0.0444. The Labute approximate surface area is 112 Å². The standard InChI is InChI=1S/C13H17ClN2O2/c1-3-10-8-18-9(2)7-16(10)13(17)11-5-4-6-15-12(11)14/h4-6,9-10H,3,7-8H2,1-2H3/t9-,10-/m0/s1. The second-order valence-electron chi connectivity index (χ2n) is 4.51. The van der Waals surface area contributed by atoms with Crippen molar-refractivity contribution in [3.8, 4) is 0 Å². The summed E-state index contributed by atoms with van der Waals surface area (Å²) in [6, 6.07) is 3.55. The van der Waals surface area contributed by atoms with Crippen LogP contribution in [-0.4, -0.2) is 41.1 Å². The molecule has 0 unspecified atom stereocenters. The fraction of sp³-hybridized carbons (Fsp3) is 0.538. The van der Waals surface area contributed by atoms with E-state index in [-0.39, 0.29) is 23.2 Å². The Morgan fingerprint density at radius 2 is 2.44 bits per heavy atom. The van der Waals surface area contributed by atoms with Crippen LogP contribution in [0.15, 0.2) is 18.3 Å². The van der Waals surface area contributed by atoms with Gasteiger partial charge in [-0.25, -0.2) is 4.98 Å². The van der Waals surface area contributed by atoms with E-state index < -0.39 is 0 Å². The lowest BCUT2D eigenvalue weighted by Gasteiger charge is -2.38. The Bertz CT molecular complexity index is 439. The van der Waals surface area contributed by atoms with Crippen LogP contribution < -0.4 is 0 Å². The monoisotopic (exact) mass is 268 g/mol. The molecular formula is C13H17ClN2O2. The second-order valence-corrected chi connectivity index (χ2v) is 4.86. The number of hydrogen-bond donors (Lipinski definition) is 0. The minimum atomic E-state index is -0.0601. The first-order chi connectivity index (χ1) is 8.63. The van der Waals surface area contributed by atoms with Crippen molar-refractivity contribution in [3.05, 3.63) is 29.0 Å². The Morgan fingerprint density at radius 1 is 1.67 bits per heavy atom. The summed E-state index contributed by atoms with van der Waals surface area (Å²) in [5.41, 5.74) is 0.465. The van der Waals surface area contributed by atoms with Crippen LogP contribution >= 0.6 is 11.6 Å². The number of morpholine rings is 1. The van der Waals surface area contributed by atoms with Crippen molar-refractivity contribution < 1.29 is 9.53 Å². The van der Waals surface area contributed by atoms with Gasteiger partial charge in [0.2, 0.25) is 0 Å². The molecule has 0 bridgehead atoms. The van der Waals surface area contributed by atoms with Crippen molar-refractivity contribution in [2.45, 2.75) is 32.4 Å². The number of rotatable bonds is 2. The topological polar surface area (TPSA) is 42.4 Å². The van der Waals surface area contributed by atoms with E-state index in [9.17, 15) is 4.79 Å². The molecule has 1 aromatic rings. The predicted molar refractivity (Wildman–Crippen MR) is 69.8 cm³/mol. The van der Waals surface area contributed by atoms with Gasteiger partial charge in [-0.15, -0.1) is 0 Å². The third-order valence-electron chi connectivity index (χ3n) is 3.19. The maximum absolute atomic E-state index is 12.5. The van der Waals surface area contributed by atoms with Gasteiger partial charge in [-0.2, -0.15) is 0 Å². The van der Waals surface area contributed by atoms with Crippen LogP contribution in [0.3, 0.4) is 0 Å². The largest absolute Gasteiger partial charge is 0.375 e. The maximum Gasteiger partial charge on any atom is 0.257 e. The highest BCUT2D eigenvalue weighted by Crippen LogP contribution is 2.20. The molecule has 2 rings (SSSR count). The molecule has 18 heavy (non-hydrogen) atoms. The average Bonchev–Trinajstić information content (AvgIpc) is 2.38. The van der Waals surface area contributed by atoms with Gasteiger partial charge < -0.3 is 9.64 Å². The molecule has 1 aliphatic heterocycles. The summed E-state index contributed by atoms with van der Waals surface area (Å²) in [5, 5.41) is 0.261. The molecular weight excluding hydrogens is 252 g/mol. The van der Waals surface area contributed by atoms with Gasteiger partial charge in [0.15, 0.2) is 0 Å². The zero-order chi connectivity index (χ0) is 13.1. The van der Waals surface area contributed by atoms with E-state index >= 15 is 0 Å². The maximum atomic E-state index is 12.5. The number of halogens is 1. The third kappa shape index (κ3) is 2.65. The number of ether oxygens (including phenoxy) is 1. The highest BCUT2D eigenvalue weighted by atomic mass is 35.5. The van der Waals surface area contributed by atoms with Gasteiger partial charge in [0, 0.05) is 12.7 Å². The van der Waals surface area contributed by atoms with E-state index in [1.165, 1.54) is 0 Å². The van der Waals surface area contributed by atoms with Crippen LogP contribution in [0.4, 0.5) is 0 Å². The first-order valence-corrected chi connectivity index (χ1v) is 6.54. The van der Waals surface area contributed by atoms with Gasteiger partial charge in [0.1, 0.15) is 5.15 Å². The molecule has 1 aliphatic rings. The zero-order valence-electron chi connectivity index (χ0n) is 10.6. The zero-order valence-corrected chi connectivity index (χ0v) is 11.4. The first-order valence-electron chi connectivity index (χ1n) is 6.16. The number of aromatic nitrogens is 1. The van der Waals surface area contributed by atoms with E-state index in [1.807, 2.05) is 11.8 Å². The molecule has 98 valence electrons. The highest BCUT2D eigenvalue weighted by molar-refractivity contribution is 6.32. The minimum absolute atomic E-state index is 0.0601. The summed E-state index contributed by atoms with van der Waals surface area (Å²) in [5.74, 6) is -0.0601. The lowest BCUT2D eigenvalue weighted by Crippen LogP contribution is -2.51. The molecule has 0 spiro atoms. The minimum Gasteiger partial charge on any atom is -0.375 e. The highest BCUT2D eigenvalue weighted by Gasteiger charge is 2.30. The molecule has 1 aromatic heterocycles. The van der Waals surface area contributed by atoms with Crippen LogP contribution in [0.1, 0.15) is 30.6 Å². The van der Waals surface area contributed by atoms with Crippen LogP contribution in [0.5, 0.6) is 0 Å². The normalized spacial score (nSPS) is 24.1. The van der Waals surface area contributed by atoms with Crippen LogP contribution in [0, 0.1) is 0 Å². The molecule has 4 nitrogen and oxygen atoms in total. The Kier molecular flexibility index (Phi) is 4.19. The molecule has 0 N–H and O–H groups in total. The van der Waals surface area contributed by atoms with Crippen molar-refractivity contribution in [1.29, 1.82) is 0 Å². The lowest BCUT2D eigenvalue weighted by atomic mass is 10.1. The molecule has 0 radical (unpaired) electrons. The van der Waals surface area contributed by atoms with Crippen molar-refractivity contribution in [1.82, 2.24) is 9.88 Å². The average molecular weight is 269 g/mol. The van der Waals surface area contributed by atoms with Gasteiger partial charge in [0.25, 0.3) is 5.91 Å². The molecule has 1 amide bonds. The third-order valence-corrected chi connectivity index (χ3v) is 3.49. The van der Waals surface area contributed by atoms with Gasteiger partial charge in [0.05, 0.1) is 24.3 Å². The van der Waals surface area contributed by atoms with Crippen molar-refractivity contribution in [2.75, 3.05) is 13.2 Å². The molecule has 2 heterocycles. The summed E-state index contributed by atoms with van der Waals surface area (Å²) in [6.07, 6.45) is 2.52. The fourth-order valence-electron chi connectivity index (χ4n) is 2.13. The van der Waals surface area contributed by atoms with E-state index in [0.717, 1.165) is 6.42 Å². The Balaban J connectivity index is 2.23. The van der Waals surface area contributed by atoms with Crippen molar-refractivity contribution in [2.24, 2.45) is 0 Å². The first kappa shape index (κ1) is 13.3. The number of pyridine rings is 1. The molecule has 0 saturated carbocycles. The van der Waals surface area contributed by atoms with Crippen LogP contribution in [-0.2, 0) is 4.74 Å². The number of amides is 1. The summed E-state index contributed by atoms with van der Waals surface area (Å²) < 4.78 is 5.59. The summed E-state index contributed by atoms with van der Waals surface area (Å²) in [6.45, 7) is 5.20. The number of nitrogens with zero attached hydrogens (tertiary/aromatic N) is 2. The number of hydrogen-bond acceptors (Lipinski definition) is 3. The van der Waals surface area contributed by atoms with Gasteiger partial charge in [-0.3, -0.25) is 4.79 Å². The smallest absolute Gasteiger partial charge is 0.257 e. The van der Waals surface area contributed by atoms with Gasteiger partial charge in [-0.05, 0) is 25.5 Å². The van der Waals surface area contributed by atoms with Crippen LogP contribution in [0.2, 0.25) is 5.15 Å². The summed E-state index contributed by atoms with van der Waals surface area (Å²) in [4.78, 5) is 18.3.